The van der Waals surface area contributed by atoms with Crippen molar-refractivity contribution in [3.8, 4) is 6.07 Å². The zero-order valence-electron chi connectivity index (χ0n) is 9.49. The predicted molar refractivity (Wildman–Crippen MR) is 64.5 cm³/mol. The molecule has 0 amide bonds. The summed E-state index contributed by atoms with van der Waals surface area (Å²) < 4.78 is 0. The number of allylic oxidation sites excluding steroid dienone is 4. The van der Waals surface area contributed by atoms with Crippen LogP contribution in [0.25, 0.3) is 0 Å². The fourth-order valence-corrected chi connectivity index (χ4v) is 1.95. The van der Waals surface area contributed by atoms with Crippen molar-refractivity contribution >= 4 is 0 Å². The van der Waals surface area contributed by atoms with E-state index in [0.29, 0.717) is 11.5 Å². The first kappa shape index (κ1) is 10.5. The van der Waals surface area contributed by atoms with Gasteiger partial charge in [0.15, 0.2) is 0 Å². The Morgan fingerprint density at radius 3 is 2.12 bits per heavy atom. The molecule has 0 atom stereocenters. The molecular formula is C14H14N2. The summed E-state index contributed by atoms with van der Waals surface area (Å²) >= 11 is 0. The molecule has 1 aromatic carbocycles. The fraction of sp³-hybridized carbons (Fsp3) is 0.214. The number of rotatable bonds is 1. The summed E-state index contributed by atoms with van der Waals surface area (Å²) in [5.74, 6) is 0.314. The molecule has 80 valence electrons. The van der Waals surface area contributed by atoms with E-state index in [1.807, 2.05) is 24.3 Å². The Kier molecular flexibility index (Phi) is 2.78. The van der Waals surface area contributed by atoms with E-state index in [9.17, 15) is 0 Å². The van der Waals surface area contributed by atoms with Crippen molar-refractivity contribution in [2.24, 2.45) is 0 Å². The summed E-state index contributed by atoms with van der Waals surface area (Å²) in [4.78, 5) is 0. The van der Waals surface area contributed by atoms with Crippen LogP contribution >= 0.6 is 0 Å². The number of nitriles is 1. The molecule has 0 aromatic heterocycles. The molecule has 0 bridgehead atoms. The lowest BCUT2D eigenvalue weighted by Crippen LogP contribution is -2.14. The standard InChI is InChI=1S/C14H14N2/c1-10-7-14(8-11(2)16-10)13-5-3-12(9-15)4-6-13/h3-8,14,16H,1-2H3. The molecule has 2 heteroatoms. The largest absolute Gasteiger partial charge is 0.363 e. The maximum Gasteiger partial charge on any atom is 0.0991 e. The third-order valence-corrected chi connectivity index (χ3v) is 2.68. The molecule has 2 rings (SSSR count). The zero-order chi connectivity index (χ0) is 11.5. The Labute approximate surface area is 95.9 Å². The van der Waals surface area contributed by atoms with Crippen molar-refractivity contribution < 1.29 is 0 Å². The Balaban J connectivity index is 2.30. The summed E-state index contributed by atoms with van der Waals surface area (Å²) in [6, 6.07) is 9.89. The maximum absolute atomic E-state index is 8.74. The van der Waals surface area contributed by atoms with Crippen molar-refractivity contribution in [2.75, 3.05) is 0 Å². The number of nitrogens with zero attached hydrogens (tertiary/aromatic N) is 1. The maximum atomic E-state index is 8.74. The molecule has 2 nitrogen and oxygen atoms in total. The Bertz CT molecular complexity index is 468. The van der Waals surface area contributed by atoms with E-state index in [0.717, 1.165) is 0 Å². The van der Waals surface area contributed by atoms with Gasteiger partial charge in [-0.3, -0.25) is 0 Å². The van der Waals surface area contributed by atoms with Crippen LogP contribution in [0, 0.1) is 11.3 Å². The second kappa shape index (κ2) is 4.24. The van der Waals surface area contributed by atoms with Gasteiger partial charge in [-0.15, -0.1) is 0 Å². The number of hydrogen-bond acceptors (Lipinski definition) is 2. The molecule has 1 N–H and O–H groups in total. The van der Waals surface area contributed by atoms with Gasteiger partial charge in [0.2, 0.25) is 0 Å². The summed E-state index contributed by atoms with van der Waals surface area (Å²) in [6.45, 7) is 4.13. The van der Waals surface area contributed by atoms with E-state index in [1.54, 1.807) is 0 Å². The summed E-state index contributed by atoms with van der Waals surface area (Å²) in [5, 5.41) is 12.0. The second-order valence-corrected chi connectivity index (χ2v) is 4.08. The van der Waals surface area contributed by atoms with Crippen LogP contribution in [0.2, 0.25) is 0 Å². The third-order valence-electron chi connectivity index (χ3n) is 2.68. The van der Waals surface area contributed by atoms with Gasteiger partial charge >= 0.3 is 0 Å². The molecule has 1 aliphatic heterocycles. The lowest BCUT2D eigenvalue weighted by Gasteiger charge is -2.19. The minimum Gasteiger partial charge on any atom is -0.363 e. The van der Waals surface area contributed by atoms with Gasteiger partial charge in [-0.2, -0.15) is 5.26 Å². The second-order valence-electron chi connectivity index (χ2n) is 4.08. The average Bonchev–Trinajstić information content (AvgIpc) is 2.28. The topological polar surface area (TPSA) is 35.8 Å². The van der Waals surface area contributed by atoms with Gasteiger partial charge in [0.05, 0.1) is 11.6 Å². The molecule has 0 spiro atoms. The highest BCUT2D eigenvalue weighted by Gasteiger charge is 2.11. The fourth-order valence-electron chi connectivity index (χ4n) is 1.95. The van der Waals surface area contributed by atoms with Gasteiger partial charge in [0, 0.05) is 17.3 Å². The van der Waals surface area contributed by atoms with Crippen molar-refractivity contribution in [1.82, 2.24) is 5.32 Å². The number of nitrogens with one attached hydrogen (secondary N) is 1. The van der Waals surface area contributed by atoms with E-state index in [-0.39, 0.29) is 0 Å². The van der Waals surface area contributed by atoms with Crippen molar-refractivity contribution in [1.29, 1.82) is 5.26 Å². The molecule has 0 saturated heterocycles. The predicted octanol–water partition coefficient (Wildman–Crippen LogP) is 3.05. The summed E-state index contributed by atoms with van der Waals surface area (Å²) in [7, 11) is 0. The monoisotopic (exact) mass is 210 g/mol. The molecule has 0 aliphatic carbocycles. The first-order valence-corrected chi connectivity index (χ1v) is 5.33. The van der Waals surface area contributed by atoms with Gasteiger partial charge in [0.1, 0.15) is 0 Å². The van der Waals surface area contributed by atoms with Gasteiger partial charge in [0.25, 0.3) is 0 Å². The first-order valence-electron chi connectivity index (χ1n) is 5.33. The summed E-state index contributed by atoms with van der Waals surface area (Å²) in [5.41, 5.74) is 4.28. The molecule has 16 heavy (non-hydrogen) atoms. The van der Waals surface area contributed by atoms with Crippen molar-refractivity contribution in [3.63, 3.8) is 0 Å². The minimum atomic E-state index is 0.314. The van der Waals surface area contributed by atoms with Crippen molar-refractivity contribution in [2.45, 2.75) is 19.8 Å². The van der Waals surface area contributed by atoms with Crippen LogP contribution < -0.4 is 5.32 Å². The van der Waals surface area contributed by atoms with Crippen LogP contribution in [-0.4, -0.2) is 0 Å². The lowest BCUT2D eigenvalue weighted by atomic mass is 9.94. The van der Waals surface area contributed by atoms with Crippen LogP contribution in [0.4, 0.5) is 0 Å². The van der Waals surface area contributed by atoms with Crippen LogP contribution in [0.5, 0.6) is 0 Å². The van der Waals surface area contributed by atoms with Gasteiger partial charge in [-0.05, 0) is 31.5 Å². The number of benzene rings is 1. The molecular weight excluding hydrogens is 196 g/mol. The highest BCUT2D eigenvalue weighted by atomic mass is 14.9. The molecule has 0 saturated carbocycles. The highest BCUT2D eigenvalue weighted by Crippen LogP contribution is 2.24. The number of hydrogen-bond donors (Lipinski definition) is 1. The van der Waals surface area contributed by atoms with E-state index < -0.39 is 0 Å². The van der Waals surface area contributed by atoms with E-state index >= 15 is 0 Å². The van der Waals surface area contributed by atoms with Crippen LogP contribution in [0.15, 0.2) is 47.8 Å². The molecule has 1 aliphatic rings. The minimum absolute atomic E-state index is 0.314. The molecule has 1 heterocycles. The smallest absolute Gasteiger partial charge is 0.0991 e. The molecule has 0 radical (unpaired) electrons. The quantitative estimate of drug-likeness (QED) is 0.773. The van der Waals surface area contributed by atoms with Gasteiger partial charge in [-0.25, -0.2) is 0 Å². The number of dihydropyridines is 1. The summed E-state index contributed by atoms with van der Waals surface area (Å²) in [6.07, 6.45) is 4.38. The van der Waals surface area contributed by atoms with Crippen molar-refractivity contribution in [3.05, 3.63) is 58.9 Å². The van der Waals surface area contributed by atoms with E-state index in [1.165, 1.54) is 17.0 Å². The zero-order valence-corrected chi connectivity index (χ0v) is 9.49. The van der Waals surface area contributed by atoms with Crippen LogP contribution in [0.1, 0.15) is 30.9 Å². The SMILES string of the molecule is CC1=CC(c2ccc(C#N)cc2)C=C(C)N1. The first-order chi connectivity index (χ1) is 7.69. The van der Waals surface area contributed by atoms with E-state index in [4.69, 9.17) is 5.26 Å². The molecule has 0 unspecified atom stereocenters. The Morgan fingerprint density at radius 2 is 1.62 bits per heavy atom. The highest BCUT2D eigenvalue weighted by molar-refractivity contribution is 5.38. The normalized spacial score (nSPS) is 15.8. The van der Waals surface area contributed by atoms with Gasteiger partial charge in [-0.1, -0.05) is 24.3 Å². The third kappa shape index (κ3) is 2.14. The molecule has 1 aromatic rings. The molecule has 0 fully saturated rings. The lowest BCUT2D eigenvalue weighted by molar-refractivity contribution is 0.870. The Morgan fingerprint density at radius 1 is 1.06 bits per heavy atom. The average molecular weight is 210 g/mol. The van der Waals surface area contributed by atoms with Gasteiger partial charge < -0.3 is 5.32 Å². The van der Waals surface area contributed by atoms with Crippen LogP contribution in [-0.2, 0) is 0 Å². The Hall–Kier alpha value is -2.01. The van der Waals surface area contributed by atoms with Crippen LogP contribution in [0.3, 0.4) is 0 Å². The van der Waals surface area contributed by atoms with E-state index in [2.05, 4.69) is 37.4 Å².